The number of thiophene rings is 1. The van der Waals surface area contributed by atoms with Gasteiger partial charge in [-0.05, 0) is 49.8 Å². The molecule has 0 aliphatic carbocycles. The molecule has 1 heterocycles. The van der Waals surface area contributed by atoms with E-state index in [1.54, 1.807) is 0 Å². The van der Waals surface area contributed by atoms with Crippen LogP contribution in [0.25, 0.3) is 10.4 Å². The maximum atomic E-state index is 3.45. The third kappa shape index (κ3) is 2.94. The second-order valence-electron chi connectivity index (χ2n) is 3.63. The molecule has 1 aromatic carbocycles. The zero-order valence-electron chi connectivity index (χ0n) is 9.16. The van der Waals surface area contributed by atoms with Gasteiger partial charge in [-0.25, -0.2) is 0 Å². The summed E-state index contributed by atoms with van der Waals surface area (Å²) in [5, 5.41) is 3.17. The predicted molar refractivity (Wildman–Crippen MR) is 75.1 cm³/mol. The van der Waals surface area contributed by atoms with E-state index in [-0.39, 0.29) is 0 Å². The van der Waals surface area contributed by atoms with Crippen molar-refractivity contribution < 1.29 is 0 Å². The van der Waals surface area contributed by atoms with Gasteiger partial charge in [0.15, 0.2) is 0 Å². The van der Waals surface area contributed by atoms with Crippen LogP contribution in [0, 0.1) is 0 Å². The largest absolute Gasteiger partial charge is 0.319 e. The van der Waals surface area contributed by atoms with Crippen molar-refractivity contribution in [2.75, 3.05) is 13.6 Å². The third-order valence-corrected chi connectivity index (χ3v) is 4.13. The summed E-state index contributed by atoms with van der Waals surface area (Å²) in [4.78, 5) is 2.78. The minimum atomic E-state index is 1.04. The van der Waals surface area contributed by atoms with Crippen LogP contribution in [0.15, 0.2) is 40.9 Å². The smallest absolute Gasteiger partial charge is 0.0345 e. The first-order valence-corrected chi connectivity index (χ1v) is 6.90. The van der Waals surface area contributed by atoms with Crippen LogP contribution in [0.1, 0.15) is 4.88 Å². The average molecular weight is 296 g/mol. The maximum absolute atomic E-state index is 3.45. The van der Waals surface area contributed by atoms with Crippen LogP contribution in [-0.2, 0) is 6.42 Å². The molecule has 1 N–H and O–H groups in total. The molecule has 0 radical (unpaired) electrons. The molecule has 3 heteroatoms. The van der Waals surface area contributed by atoms with E-state index in [9.17, 15) is 0 Å². The summed E-state index contributed by atoms with van der Waals surface area (Å²) >= 11 is 5.33. The summed E-state index contributed by atoms with van der Waals surface area (Å²) in [6, 6.07) is 12.9. The van der Waals surface area contributed by atoms with E-state index in [4.69, 9.17) is 0 Å². The molecule has 0 amide bonds. The van der Waals surface area contributed by atoms with Gasteiger partial charge in [0, 0.05) is 14.2 Å². The van der Waals surface area contributed by atoms with E-state index in [2.05, 4.69) is 57.6 Å². The average Bonchev–Trinajstić information content (AvgIpc) is 2.76. The van der Waals surface area contributed by atoms with Gasteiger partial charge in [-0.1, -0.05) is 28.1 Å². The highest BCUT2D eigenvalue weighted by molar-refractivity contribution is 9.10. The summed E-state index contributed by atoms with van der Waals surface area (Å²) in [6.07, 6.45) is 1.11. The lowest BCUT2D eigenvalue weighted by molar-refractivity contribution is 0.799. The van der Waals surface area contributed by atoms with Crippen LogP contribution in [0.4, 0.5) is 0 Å². The molecular weight excluding hydrogens is 282 g/mol. The zero-order valence-corrected chi connectivity index (χ0v) is 11.6. The molecule has 0 saturated carbocycles. The molecule has 0 fully saturated rings. The first kappa shape index (κ1) is 11.8. The van der Waals surface area contributed by atoms with E-state index >= 15 is 0 Å². The van der Waals surface area contributed by atoms with Crippen LogP contribution < -0.4 is 5.32 Å². The minimum Gasteiger partial charge on any atom is -0.319 e. The molecule has 0 aliphatic rings. The van der Waals surface area contributed by atoms with Crippen molar-refractivity contribution in [3.05, 3.63) is 45.7 Å². The highest BCUT2D eigenvalue weighted by Gasteiger charge is 2.02. The number of nitrogens with one attached hydrogen (secondary N) is 1. The first-order chi connectivity index (χ1) is 7.79. The molecule has 1 aromatic heterocycles. The molecule has 0 spiro atoms. The van der Waals surface area contributed by atoms with Gasteiger partial charge in [-0.15, -0.1) is 11.3 Å². The van der Waals surface area contributed by atoms with E-state index < -0.39 is 0 Å². The van der Waals surface area contributed by atoms with Crippen molar-refractivity contribution in [3.63, 3.8) is 0 Å². The van der Waals surface area contributed by atoms with Crippen LogP contribution in [0.2, 0.25) is 0 Å². The molecule has 0 saturated heterocycles. The van der Waals surface area contributed by atoms with E-state index in [0.29, 0.717) is 0 Å². The van der Waals surface area contributed by atoms with Gasteiger partial charge >= 0.3 is 0 Å². The van der Waals surface area contributed by atoms with E-state index in [1.807, 2.05) is 18.4 Å². The standard InChI is InChI=1S/C13H14BrNS/c1-15-9-8-12-6-7-13(16-12)10-2-4-11(14)5-3-10/h2-7,15H,8-9H2,1H3. The van der Waals surface area contributed by atoms with Crippen molar-refractivity contribution in [1.29, 1.82) is 0 Å². The van der Waals surface area contributed by atoms with Gasteiger partial charge in [-0.2, -0.15) is 0 Å². The summed E-state index contributed by atoms with van der Waals surface area (Å²) < 4.78 is 1.13. The van der Waals surface area contributed by atoms with Gasteiger partial charge in [0.2, 0.25) is 0 Å². The van der Waals surface area contributed by atoms with E-state index in [0.717, 1.165) is 17.4 Å². The maximum Gasteiger partial charge on any atom is 0.0345 e. The van der Waals surface area contributed by atoms with Crippen molar-refractivity contribution in [3.8, 4) is 10.4 Å². The van der Waals surface area contributed by atoms with Gasteiger partial charge in [0.1, 0.15) is 0 Å². The second kappa shape index (κ2) is 5.62. The van der Waals surface area contributed by atoms with Gasteiger partial charge in [0.25, 0.3) is 0 Å². The number of rotatable bonds is 4. The Morgan fingerprint density at radius 1 is 1.12 bits per heavy atom. The molecule has 0 aliphatic heterocycles. The van der Waals surface area contributed by atoms with Crippen molar-refractivity contribution in [2.24, 2.45) is 0 Å². The number of likely N-dealkylation sites (N-methyl/N-ethyl adjacent to an activating group) is 1. The van der Waals surface area contributed by atoms with Crippen molar-refractivity contribution in [2.45, 2.75) is 6.42 Å². The first-order valence-electron chi connectivity index (χ1n) is 5.29. The summed E-state index contributed by atoms with van der Waals surface area (Å²) in [5.41, 5.74) is 1.30. The van der Waals surface area contributed by atoms with Crippen LogP contribution in [0.3, 0.4) is 0 Å². The quantitative estimate of drug-likeness (QED) is 0.901. The lowest BCUT2D eigenvalue weighted by atomic mass is 10.2. The summed E-state index contributed by atoms with van der Waals surface area (Å²) in [6.45, 7) is 1.04. The fourth-order valence-electron chi connectivity index (χ4n) is 1.53. The lowest BCUT2D eigenvalue weighted by Crippen LogP contribution is -2.09. The SMILES string of the molecule is CNCCc1ccc(-c2ccc(Br)cc2)s1. The van der Waals surface area contributed by atoms with Crippen LogP contribution in [-0.4, -0.2) is 13.6 Å². The molecule has 84 valence electrons. The normalized spacial score (nSPS) is 10.6. The highest BCUT2D eigenvalue weighted by Crippen LogP contribution is 2.29. The Morgan fingerprint density at radius 2 is 1.88 bits per heavy atom. The third-order valence-electron chi connectivity index (χ3n) is 2.41. The Balaban J connectivity index is 2.15. The zero-order chi connectivity index (χ0) is 11.4. The molecule has 2 aromatic rings. The van der Waals surface area contributed by atoms with Crippen molar-refractivity contribution >= 4 is 27.3 Å². The monoisotopic (exact) mass is 295 g/mol. The Hall–Kier alpha value is -0.640. The van der Waals surface area contributed by atoms with E-state index in [1.165, 1.54) is 15.3 Å². The molecule has 0 atom stereocenters. The van der Waals surface area contributed by atoms with Gasteiger partial charge in [0.05, 0.1) is 0 Å². The van der Waals surface area contributed by atoms with Crippen molar-refractivity contribution in [1.82, 2.24) is 5.32 Å². The Labute approximate surface area is 109 Å². The fourth-order valence-corrected chi connectivity index (χ4v) is 2.81. The Kier molecular flexibility index (Phi) is 4.16. The fraction of sp³-hybridized carbons (Fsp3) is 0.231. The number of benzene rings is 1. The highest BCUT2D eigenvalue weighted by atomic mass is 79.9. The van der Waals surface area contributed by atoms with Gasteiger partial charge < -0.3 is 5.32 Å². The molecule has 2 rings (SSSR count). The number of hydrogen-bond donors (Lipinski definition) is 1. The lowest BCUT2D eigenvalue weighted by Gasteiger charge is -1.97. The molecule has 1 nitrogen and oxygen atoms in total. The number of halogens is 1. The Morgan fingerprint density at radius 3 is 2.56 bits per heavy atom. The topological polar surface area (TPSA) is 12.0 Å². The number of hydrogen-bond acceptors (Lipinski definition) is 2. The molecule has 0 bridgehead atoms. The molecular formula is C13H14BrNS. The van der Waals surface area contributed by atoms with Crippen LogP contribution >= 0.6 is 27.3 Å². The second-order valence-corrected chi connectivity index (χ2v) is 5.71. The molecule has 16 heavy (non-hydrogen) atoms. The summed E-state index contributed by atoms with van der Waals surface area (Å²) in [7, 11) is 1.99. The van der Waals surface area contributed by atoms with Gasteiger partial charge in [-0.3, -0.25) is 0 Å². The summed E-state index contributed by atoms with van der Waals surface area (Å²) in [5.74, 6) is 0. The minimum absolute atomic E-state index is 1.04. The van der Waals surface area contributed by atoms with Crippen LogP contribution in [0.5, 0.6) is 0 Å². The predicted octanol–water partition coefficient (Wildman–Crippen LogP) is 3.94. The Bertz CT molecular complexity index is 447. The molecule has 0 unspecified atom stereocenters.